The third-order valence-corrected chi connectivity index (χ3v) is 2.73. The molecule has 3 N–H and O–H groups in total. The number of aromatic carboxylic acids is 1. The number of carbonyl (C=O) groups is 2. The van der Waals surface area contributed by atoms with Crippen molar-refractivity contribution in [3.05, 3.63) is 64.2 Å². The lowest BCUT2D eigenvalue weighted by Crippen LogP contribution is -2.19. The molecular formula is C14H11N3O5. The minimum Gasteiger partial charge on any atom is -0.478 e. The van der Waals surface area contributed by atoms with Crippen molar-refractivity contribution in [2.75, 3.05) is 10.6 Å². The molecule has 0 radical (unpaired) electrons. The van der Waals surface area contributed by atoms with Gasteiger partial charge in [-0.2, -0.15) is 0 Å². The van der Waals surface area contributed by atoms with Gasteiger partial charge in [0.05, 0.1) is 10.5 Å². The van der Waals surface area contributed by atoms with Gasteiger partial charge in [0.15, 0.2) is 0 Å². The normalized spacial score (nSPS) is 9.82. The molecule has 0 aromatic heterocycles. The Morgan fingerprint density at radius 2 is 1.36 bits per heavy atom. The summed E-state index contributed by atoms with van der Waals surface area (Å²) in [5.74, 6) is -1.05. The van der Waals surface area contributed by atoms with Crippen LogP contribution in [0.4, 0.5) is 21.9 Å². The van der Waals surface area contributed by atoms with Crippen molar-refractivity contribution in [1.29, 1.82) is 0 Å². The SMILES string of the molecule is O=C(Nc1ccc(C(=O)O)cc1)Nc1ccc([N+](=O)[O-])cc1. The van der Waals surface area contributed by atoms with Crippen LogP contribution in [0.5, 0.6) is 0 Å². The van der Waals surface area contributed by atoms with Crippen LogP contribution in [-0.4, -0.2) is 22.0 Å². The third kappa shape index (κ3) is 3.79. The van der Waals surface area contributed by atoms with E-state index in [1.54, 1.807) is 0 Å². The number of amides is 2. The molecule has 0 aliphatic carbocycles. The van der Waals surface area contributed by atoms with E-state index >= 15 is 0 Å². The third-order valence-electron chi connectivity index (χ3n) is 2.73. The summed E-state index contributed by atoms with van der Waals surface area (Å²) in [7, 11) is 0. The number of hydrogen-bond acceptors (Lipinski definition) is 4. The zero-order valence-corrected chi connectivity index (χ0v) is 11.1. The number of hydrogen-bond donors (Lipinski definition) is 3. The van der Waals surface area contributed by atoms with E-state index in [0.717, 1.165) is 0 Å². The fourth-order valence-corrected chi connectivity index (χ4v) is 1.66. The van der Waals surface area contributed by atoms with E-state index in [-0.39, 0.29) is 11.3 Å². The molecule has 112 valence electrons. The van der Waals surface area contributed by atoms with Crippen LogP contribution < -0.4 is 10.6 Å². The molecule has 0 heterocycles. The maximum Gasteiger partial charge on any atom is 0.335 e. The number of carboxylic acids is 1. The number of rotatable bonds is 4. The lowest BCUT2D eigenvalue weighted by atomic mass is 10.2. The van der Waals surface area contributed by atoms with Gasteiger partial charge in [-0.25, -0.2) is 9.59 Å². The van der Waals surface area contributed by atoms with Gasteiger partial charge in [0.1, 0.15) is 0 Å². The first-order valence-corrected chi connectivity index (χ1v) is 6.11. The number of anilines is 2. The molecule has 0 saturated carbocycles. The quantitative estimate of drug-likeness (QED) is 0.592. The number of carbonyl (C=O) groups excluding carboxylic acids is 1. The first-order chi connectivity index (χ1) is 10.5. The molecule has 8 nitrogen and oxygen atoms in total. The molecule has 0 bridgehead atoms. The topological polar surface area (TPSA) is 122 Å². The van der Waals surface area contributed by atoms with Gasteiger partial charge in [-0.05, 0) is 36.4 Å². The number of non-ortho nitro benzene ring substituents is 1. The Hall–Kier alpha value is -3.42. The zero-order chi connectivity index (χ0) is 16.1. The minimum absolute atomic E-state index is 0.0739. The van der Waals surface area contributed by atoms with Gasteiger partial charge in [-0.1, -0.05) is 0 Å². The smallest absolute Gasteiger partial charge is 0.335 e. The van der Waals surface area contributed by atoms with Crippen molar-refractivity contribution in [2.45, 2.75) is 0 Å². The van der Waals surface area contributed by atoms with E-state index in [9.17, 15) is 19.7 Å². The number of nitrogens with zero attached hydrogens (tertiary/aromatic N) is 1. The highest BCUT2D eigenvalue weighted by Gasteiger charge is 2.07. The Balaban J connectivity index is 1.97. The van der Waals surface area contributed by atoms with Crippen molar-refractivity contribution in [2.24, 2.45) is 0 Å². The van der Waals surface area contributed by atoms with Crippen LogP contribution in [0.3, 0.4) is 0 Å². The molecule has 2 aromatic carbocycles. The molecule has 0 aliphatic heterocycles. The first kappa shape index (κ1) is 15.0. The lowest BCUT2D eigenvalue weighted by Gasteiger charge is -2.07. The van der Waals surface area contributed by atoms with Crippen LogP contribution in [0, 0.1) is 10.1 Å². The van der Waals surface area contributed by atoms with E-state index < -0.39 is 16.9 Å². The molecular weight excluding hydrogens is 290 g/mol. The Morgan fingerprint density at radius 1 is 0.909 bits per heavy atom. The van der Waals surface area contributed by atoms with Gasteiger partial charge in [0.25, 0.3) is 5.69 Å². The number of benzene rings is 2. The predicted octanol–water partition coefficient (Wildman–Crippen LogP) is 2.94. The van der Waals surface area contributed by atoms with E-state index in [0.29, 0.717) is 11.4 Å². The number of nitro groups is 1. The molecule has 2 aromatic rings. The van der Waals surface area contributed by atoms with Crippen LogP contribution in [0.2, 0.25) is 0 Å². The van der Waals surface area contributed by atoms with Crippen LogP contribution in [-0.2, 0) is 0 Å². The highest BCUT2D eigenvalue weighted by Crippen LogP contribution is 2.16. The molecule has 22 heavy (non-hydrogen) atoms. The number of urea groups is 1. The van der Waals surface area contributed by atoms with Crippen molar-refractivity contribution >= 4 is 29.1 Å². The van der Waals surface area contributed by atoms with Crippen LogP contribution in [0.1, 0.15) is 10.4 Å². The average Bonchev–Trinajstić information content (AvgIpc) is 2.48. The monoisotopic (exact) mass is 301 g/mol. The van der Waals surface area contributed by atoms with Crippen LogP contribution >= 0.6 is 0 Å². The summed E-state index contributed by atoms with van der Waals surface area (Å²) in [6.45, 7) is 0. The second kappa shape index (κ2) is 6.35. The molecule has 0 unspecified atom stereocenters. The molecule has 0 spiro atoms. The molecule has 0 atom stereocenters. The van der Waals surface area contributed by atoms with Crippen molar-refractivity contribution in [3.8, 4) is 0 Å². The van der Waals surface area contributed by atoms with Gasteiger partial charge >= 0.3 is 12.0 Å². The Kier molecular flexibility index (Phi) is 4.33. The summed E-state index contributed by atoms with van der Waals surface area (Å²) in [6.07, 6.45) is 0. The summed E-state index contributed by atoms with van der Waals surface area (Å²) in [6, 6.07) is 10.5. The number of nitrogens with one attached hydrogen (secondary N) is 2. The Bertz CT molecular complexity index is 649. The van der Waals surface area contributed by atoms with Crippen molar-refractivity contribution in [3.63, 3.8) is 0 Å². The van der Waals surface area contributed by atoms with E-state index in [1.807, 2.05) is 0 Å². The summed E-state index contributed by atoms with van der Waals surface area (Å²) in [5.41, 5.74) is 0.853. The van der Waals surface area contributed by atoms with Crippen LogP contribution in [0.25, 0.3) is 0 Å². The molecule has 0 fully saturated rings. The summed E-state index contributed by atoms with van der Waals surface area (Å²) in [5, 5.41) is 24.3. The Labute approximate surface area is 124 Å². The highest BCUT2D eigenvalue weighted by atomic mass is 16.6. The fraction of sp³-hybridized carbons (Fsp3) is 0. The van der Waals surface area contributed by atoms with E-state index in [1.165, 1.54) is 48.5 Å². The highest BCUT2D eigenvalue weighted by molar-refractivity contribution is 6.00. The largest absolute Gasteiger partial charge is 0.478 e. The maximum atomic E-state index is 11.7. The predicted molar refractivity (Wildman–Crippen MR) is 79.1 cm³/mol. The lowest BCUT2D eigenvalue weighted by molar-refractivity contribution is -0.384. The second-order valence-electron chi connectivity index (χ2n) is 4.27. The van der Waals surface area contributed by atoms with Gasteiger partial charge in [0, 0.05) is 23.5 Å². The van der Waals surface area contributed by atoms with Gasteiger partial charge in [0.2, 0.25) is 0 Å². The van der Waals surface area contributed by atoms with Crippen molar-refractivity contribution < 1.29 is 19.6 Å². The molecule has 2 amide bonds. The van der Waals surface area contributed by atoms with Crippen molar-refractivity contribution in [1.82, 2.24) is 0 Å². The van der Waals surface area contributed by atoms with Gasteiger partial charge in [-0.15, -0.1) is 0 Å². The Morgan fingerprint density at radius 3 is 1.77 bits per heavy atom. The maximum absolute atomic E-state index is 11.7. The molecule has 0 saturated heterocycles. The standard InChI is InChI=1S/C14H11N3O5/c18-13(19)9-1-3-10(4-2-9)15-14(20)16-11-5-7-12(8-6-11)17(21)22/h1-8H,(H,18,19)(H2,15,16,20). The minimum atomic E-state index is -1.05. The van der Waals surface area contributed by atoms with E-state index in [4.69, 9.17) is 5.11 Å². The zero-order valence-electron chi connectivity index (χ0n) is 11.1. The van der Waals surface area contributed by atoms with Gasteiger partial charge < -0.3 is 15.7 Å². The first-order valence-electron chi connectivity index (χ1n) is 6.11. The van der Waals surface area contributed by atoms with Gasteiger partial charge in [-0.3, -0.25) is 10.1 Å². The summed E-state index contributed by atoms with van der Waals surface area (Å²) < 4.78 is 0. The molecule has 0 aliphatic rings. The summed E-state index contributed by atoms with van der Waals surface area (Å²) in [4.78, 5) is 32.4. The van der Waals surface area contributed by atoms with Crippen LogP contribution in [0.15, 0.2) is 48.5 Å². The summed E-state index contributed by atoms with van der Waals surface area (Å²) >= 11 is 0. The fourth-order valence-electron chi connectivity index (χ4n) is 1.66. The average molecular weight is 301 g/mol. The molecule has 8 heteroatoms. The number of nitro benzene ring substituents is 1. The van der Waals surface area contributed by atoms with E-state index in [2.05, 4.69) is 10.6 Å². The number of carboxylic acid groups (broad SMARTS) is 1. The molecule has 2 rings (SSSR count). The second-order valence-corrected chi connectivity index (χ2v) is 4.27.